The second-order valence-electron chi connectivity index (χ2n) is 12.4. The molecule has 6 aromatic heterocycles. The molecule has 0 radical (unpaired) electrons. The van der Waals surface area contributed by atoms with Crippen LogP contribution in [-0.2, 0) is 0 Å². The fourth-order valence-electron chi connectivity index (χ4n) is 7.31. The first kappa shape index (κ1) is 28.1. The summed E-state index contributed by atoms with van der Waals surface area (Å²) in [7, 11) is 0. The van der Waals surface area contributed by atoms with Gasteiger partial charge < -0.3 is 9.13 Å². The summed E-state index contributed by atoms with van der Waals surface area (Å²) >= 11 is 0. The van der Waals surface area contributed by atoms with E-state index in [9.17, 15) is 0 Å². The van der Waals surface area contributed by atoms with Gasteiger partial charge >= 0.3 is 0 Å². The van der Waals surface area contributed by atoms with Crippen molar-refractivity contribution in [1.82, 2.24) is 29.1 Å². The Kier molecular flexibility index (Phi) is 6.39. The number of para-hydroxylation sites is 3. The highest BCUT2D eigenvalue weighted by atomic mass is 15.0. The number of benzene rings is 4. The topological polar surface area (TPSA) is 61.4 Å². The standard InChI is InChI=1S/C44H28N6/c1-2-12-30(13-3-1)50-40-19-5-4-14-33(40)34-16-10-15-32(44(34)50)29-21-22-35-42(26-29)49(41-20-11-25-47-43(35)41)31-27-38(36-17-6-8-23-45-36)48-39(28-31)37-18-7-9-24-46-37/h1-28H. The van der Waals surface area contributed by atoms with Gasteiger partial charge in [-0.1, -0.05) is 72.8 Å². The van der Waals surface area contributed by atoms with E-state index in [1.807, 2.05) is 48.7 Å². The van der Waals surface area contributed by atoms with Crippen LogP contribution in [0.5, 0.6) is 0 Å². The molecule has 0 aliphatic heterocycles. The van der Waals surface area contributed by atoms with Gasteiger partial charge in [0, 0.05) is 46.0 Å². The molecular formula is C44H28N6. The van der Waals surface area contributed by atoms with E-state index in [-0.39, 0.29) is 0 Å². The van der Waals surface area contributed by atoms with Crippen LogP contribution in [0.2, 0.25) is 0 Å². The van der Waals surface area contributed by atoms with Gasteiger partial charge in [0.1, 0.15) is 0 Å². The Labute approximate surface area is 287 Å². The molecule has 10 rings (SSSR count). The third-order valence-corrected chi connectivity index (χ3v) is 9.46. The minimum Gasteiger partial charge on any atom is -0.309 e. The summed E-state index contributed by atoms with van der Waals surface area (Å²) < 4.78 is 4.69. The molecule has 0 unspecified atom stereocenters. The SMILES string of the molecule is c1ccc(-n2c3ccccc3c3cccc(-c4ccc5c6ncccc6n(-c6cc(-c7ccccn7)nc(-c7ccccn7)c6)c5c4)c32)cc1. The molecule has 0 spiro atoms. The van der Waals surface area contributed by atoms with E-state index in [1.54, 1.807) is 12.4 Å². The summed E-state index contributed by atoms with van der Waals surface area (Å²) in [5.41, 5.74) is 12.9. The Hall–Kier alpha value is -6.92. The van der Waals surface area contributed by atoms with Gasteiger partial charge in [0.05, 0.1) is 56.0 Å². The summed E-state index contributed by atoms with van der Waals surface area (Å²) in [4.78, 5) is 19.2. The molecule has 0 fully saturated rings. The van der Waals surface area contributed by atoms with Gasteiger partial charge in [-0.25, -0.2) is 4.98 Å². The summed E-state index contributed by atoms with van der Waals surface area (Å²) in [6.07, 6.45) is 5.47. The second-order valence-corrected chi connectivity index (χ2v) is 12.4. The number of hydrogen-bond donors (Lipinski definition) is 0. The molecule has 6 heteroatoms. The quantitative estimate of drug-likeness (QED) is 0.188. The molecular weight excluding hydrogens is 613 g/mol. The average molecular weight is 641 g/mol. The van der Waals surface area contributed by atoms with Crippen molar-refractivity contribution >= 4 is 43.7 Å². The number of nitrogens with zero attached hydrogens (tertiary/aromatic N) is 6. The van der Waals surface area contributed by atoms with Gasteiger partial charge in [0.15, 0.2) is 0 Å². The molecule has 0 bridgehead atoms. The fourth-order valence-corrected chi connectivity index (χ4v) is 7.31. The maximum atomic E-state index is 5.05. The lowest BCUT2D eigenvalue weighted by Crippen LogP contribution is -2.00. The van der Waals surface area contributed by atoms with E-state index in [2.05, 4.69) is 128 Å². The number of rotatable bonds is 5. The third-order valence-electron chi connectivity index (χ3n) is 9.46. The van der Waals surface area contributed by atoms with E-state index in [0.29, 0.717) is 0 Å². The maximum absolute atomic E-state index is 5.05. The van der Waals surface area contributed by atoms with E-state index >= 15 is 0 Å². The zero-order chi connectivity index (χ0) is 33.0. The van der Waals surface area contributed by atoms with Crippen LogP contribution in [0.15, 0.2) is 170 Å². The average Bonchev–Trinajstić information content (AvgIpc) is 3.71. The van der Waals surface area contributed by atoms with Gasteiger partial charge in [-0.3, -0.25) is 15.0 Å². The van der Waals surface area contributed by atoms with Crippen LogP contribution >= 0.6 is 0 Å². The number of fused-ring (bicyclic) bond motifs is 6. The van der Waals surface area contributed by atoms with Crippen molar-refractivity contribution in [2.24, 2.45) is 0 Å². The molecule has 0 atom stereocenters. The molecule has 0 saturated heterocycles. The van der Waals surface area contributed by atoms with Crippen molar-refractivity contribution in [3.05, 3.63) is 170 Å². The van der Waals surface area contributed by atoms with Gasteiger partial charge in [0.2, 0.25) is 0 Å². The highest BCUT2D eigenvalue weighted by Gasteiger charge is 2.20. The number of aromatic nitrogens is 6. The van der Waals surface area contributed by atoms with Crippen LogP contribution < -0.4 is 0 Å². The lowest BCUT2D eigenvalue weighted by molar-refractivity contribution is 1.14. The van der Waals surface area contributed by atoms with Crippen LogP contribution in [0.4, 0.5) is 0 Å². The summed E-state index contributed by atoms with van der Waals surface area (Å²) in [6, 6.07) is 52.8. The van der Waals surface area contributed by atoms with Crippen LogP contribution in [0, 0.1) is 0 Å². The normalized spacial score (nSPS) is 11.6. The van der Waals surface area contributed by atoms with Crippen molar-refractivity contribution in [2.75, 3.05) is 0 Å². The van der Waals surface area contributed by atoms with Crippen molar-refractivity contribution in [3.8, 4) is 45.3 Å². The first-order chi connectivity index (χ1) is 24.8. The number of pyridine rings is 4. The molecule has 234 valence electrons. The third kappa shape index (κ3) is 4.43. The lowest BCUT2D eigenvalue weighted by atomic mass is 10.0. The smallest absolute Gasteiger partial charge is 0.0963 e. The van der Waals surface area contributed by atoms with Crippen LogP contribution in [0.3, 0.4) is 0 Å². The molecule has 0 aliphatic carbocycles. The molecule has 0 saturated carbocycles. The Morgan fingerprint density at radius 3 is 1.82 bits per heavy atom. The summed E-state index contributed by atoms with van der Waals surface area (Å²) in [6.45, 7) is 0. The van der Waals surface area contributed by atoms with Gasteiger partial charge in [-0.2, -0.15) is 0 Å². The highest BCUT2D eigenvalue weighted by Crippen LogP contribution is 2.40. The second kappa shape index (κ2) is 11.4. The highest BCUT2D eigenvalue weighted by molar-refractivity contribution is 6.15. The Bertz CT molecular complexity index is 2800. The zero-order valence-corrected chi connectivity index (χ0v) is 26.8. The molecule has 0 aliphatic rings. The lowest BCUT2D eigenvalue weighted by Gasteiger charge is -2.14. The Morgan fingerprint density at radius 1 is 0.380 bits per heavy atom. The van der Waals surface area contributed by atoms with E-state index in [0.717, 1.165) is 67.2 Å². The summed E-state index contributed by atoms with van der Waals surface area (Å²) in [5, 5.41) is 3.53. The first-order valence-corrected chi connectivity index (χ1v) is 16.6. The van der Waals surface area contributed by atoms with Gasteiger partial charge in [0.25, 0.3) is 0 Å². The maximum Gasteiger partial charge on any atom is 0.0963 e. The van der Waals surface area contributed by atoms with Crippen LogP contribution in [0.1, 0.15) is 0 Å². The van der Waals surface area contributed by atoms with E-state index < -0.39 is 0 Å². The van der Waals surface area contributed by atoms with E-state index in [1.165, 1.54) is 21.8 Å². The predicted molar refractivity (Wildman–Crippen MR) is 203 cm³/mol. The predicted octanol–water partition coefficient (Wildman–Crippen LogP) is 10.5. The first-order valence-electron chi connectivity index (χ1n) is 16.6. The zero-order valence-electron chi connectivity index (χ0n) is 26.8. The molecule has 6 nitrogen and oxygen atoms in total. The molecule has 4 aromatic carbocycles. The molecule has 6 heterocycles. The van der Waals surface area contributed by atoms with Crippen molar-refractivity contribution in [2.45, 2.75) is 0 Å². The van der Waals surface area contributed by atoms with Crippen molar-refractivity contribution in [1.29, 1.82) is 0 Å². The Balaban J connectivity index is 1.27. The fraction of sp³-hybridized carbons (Fsp3) is 0. The minimum atomic E-state index is 0.774. The van der Waals surface area contributed by atoms with Crippen LogP contribution in [-0.4, -0.2) is 29.1 Å². The van der Waals surface area contributed by atoms with Crippen LogP contribution in [0.25, 0.3) is 89.0 Å². The van der Waals surface area contributed by atoms with Crippen molar-refractivity contribution in [3.63, 3.8) is 0 Å². The summed E-state index contributed by atoms with van der Waals surface area (Å²) in [5.74, 6) is 0. The Morgan fingerprint density at radius 2 is 1.06 bits per heavy atom. The molecule has 50 heavy (non-hydrogen) atoms. The number of hydrogen-bond acceptors (Lipinski definition) is 4. The largest absolute Gasteiger partial charge is 0.309 e. The van der Waals surface area contributed by atoms with Gasteiger partial charge in [-0.05, 0) is 84.4 Å². The monoisotopic (exact) mass is 640 g/mol. The van der Waals surface area contributed by atoms with Gasteiger partial charge in [-0.15, -0.1) is 0 Å². The minimum absolute atomic E-state index is 0.774. The molecule has 0 amide bonds. The van der Waals surface area contributed by atoms with E-state index in [4.69, 9.17) is 9.97 Å². The molecule has 10 aromatic rings. The molecule has 0 N–H and O–H groups in total. The van der Waals surface area contributed by atoms with Crippen molar-refractivity contribution < 1.29 is 0 Å².